The van der Waals surface area contributed by atoms with Crippen molar-refractivity contribution in [3.63, 3.8) is 0 Å². The molecule has 0 aliphatic rings. The Morgan fingerprint density at radius 1 is 1.04 bits per heavy atom. The summed E-state index contributed by atoms with van der Waals surface area (Å²) in [5, 5.41) is 0.987. The van der Waals surface area contributed by atoms with E-state index in [1.54, 1.807) is 13.2 Å². The van der Waals surface area contributed by atoms with E-state index in [-0.39, 0.29) is 5.63 Å². The van der Waals surface area contributed by atoms with Gasteiger partial charge < -0.3 is 9.15 Å². The minimum Gasteiger partial charge on any atom is -0.496 e. The van der Waals surface area contributed by atoms with Crippen LogP contribution < -0.4 is 10.4 Å². The Morgan fingerprint density at radius 3 is 2.46 bits per heavy atom. The van der Waals surface area contributed by atoms with Crippen LogP contribution in [-0.4, -0.2) is 19.1 Å². The predicted molar refractivity (Wildman–Crippen MR) is 108 cm³/mol. The maximum atomic E-state index is 12.0. The maximum absolute atomic E-state index is 12.0. The predicted octanol–water partition coefficient (Wildman–Crippen LogP) is 4.81. The largest absolute Gasteiger partial charge is 0.496 e. The maximum Gasteiger partial charge on any atom is 0.336 e. The molecular weight excluding hydrogens is 394 g/mol. The molecule has 136 valence electrons. The van der Waals surface area contributed by atoms with Gasteiger partial charge in [-0.15, -0.1) is 0 Å². The zero-order valence-electron chi connectivity index (χ0n) is 15.4. The first kappa shape index (κ1) is 18.7. The SMILES string of the molecule is COc1ccc(Br)cc1CN(C)Cc1cc(=O)oc2cc(C)c(C)cc12. The Bertz CT molecular complexity index is 1010. The zero-order chi connectivity index (χ0) is 18.8. The molecule has 1 heterocycles. The van der Waals surface area contributed by atoms with Crippen LogP contribution >= 0.6 is 15.9 Å². The lowest BCUT2D eigenvalue weighted by Gasteiger charge is -2.19. The van der Waals surface area contributed by atoms with Gasteiger partial charge in [0, 0.05) is 34.6 Å². The minimum atomic E-state index is -0.316. The summed E-state index contributed by atoms with van der Waals surface area (Å²) in [6.07, 6.45) is 0. The summed E-state index contributed by atoms with van der Waals surface area (Å²) in [6.45, 7) is 5.43. The molecule has 0 amide bonds. The smallest absolute Gasteiger partial charge is 0.336 e. The van der Waals surface area contributed by atoms with Gasteiger partial charge in [0.05, 0.1) is 7.11 Å². The standard InChI is InChI=1S/C21H22BrNO3/c1-13-7-18-15(10-21(24)26-20(18)8-14(13)2)11-23(3)12-16-9-17(22)5-6-19(16)25-4/h5-10H,11-12H2,1-4H3. The van der Waals surface area contributed by atoms with E-state index in [9.17, 15) is 4.79 Å². The van der Waals surface area contributed by atoms with E-state index in [1.807, 2.05) is 32.2 Å². The number of hydrogen-bond donors (Lipinski definition) is 0. The van der Waals surface area contributed by atoms with Crippen molar-refractivity contribution < 1.29 is 9.15 Å². The molecule has 0 atom stereocenters. The molecule has 4 nitrogen and oxygen atoms in total. The summed E-state index contributed by atoms with van der Waals surface area (Å²) in [7, 11) is 3.70. The summed E-state index contributed by atoms with van der Waals surface area (Å²) >= 11 is 3.51. The minimum absolute atomic E-state index is 0.316. The fraction of sp³-hybridized carbons (Fsp3) is 0.286. The molecule has 0 bridgehead atoms. The Labute approximate surface area is 161 Å². The average Bonchev–Trinajstić information content (AvgIpc) is 2.57. The summed E-state index contributed by atoms with van der Waals surface area (Å²) in [5.41, 5.74) is 4.68. The van der Waals surface area contributed by atoms with Gasteiger partial charge in [0.1, 0.15) is 11.3 Å². The quantitative estimate of drug-likeness (QED) is 0.560. The highest BCUT2D eigenvalue weighted by Crippen LogP contribution is 2.26. The van der Waals surface area contributed by atoms with Gasteiger partial charge in [-0.3, -0.25) is 4.90 Å². The molecular formula is C21H22BrNO3. The highest BCUT2D eigenvalue weighted by Gasteiger charge is 2.12. The lowest BCUT2D eigenvalue weighted by molar-refractivity contribution is 0.310. The number of halogens is 1. The van der Waals surface area contributed by atoms with E-state index in [4.69, 9.17) is 9.15 Å². The Morgan fingerprint density at radius 2 is 1.73 bits per heavy atom. The van der Waals surface area contributed by atoms with Crippen molar-refractivity contribution in [1.82, 2.24) is 4.90 Å². The molecule has 0 aliphatic heterocycles. The lowest BCUT2D eigenvalue weighted by Crippen LogP contribution is -2.19. The third-order valence-electron chi connectivity index (χ3n) is 4.57. The van der Waals surface area contributed by atoms with E-state index in [0.29, 0.717) is 18.7 Å². The molecule has 0 saturated heterocycles. The van der Waals surface area contributed by atoms with Gasteiger partial charge in [-0.2, -0.15) is 0 Å². The van der Waals surface area contributed by atoms with Crippen LogP contribution in [0.25, 0.3) is 11.0 Å². The Hall–Kier alpha value is -2.11. The van der Waals surface area contributed by atoms with Crippen LogP contribution in [0.3, 0.4) is 0 Å². The first-order chi connectivity index (χ1) is 12.4. The van der Waals surface area contributed by atoms with Gasteiger partial charge in [0.15, 0.2) is 0 Å². The van der Waals surface area contributed by atoms with Crippen molar-refractivity contribution in [1.29, 1.82) is 0 Å². The number of benzene rings is 2. The van der Waals surface area contributed by atoms with E-state index in [0.717, 1.165) is 32.3 Å². The fourth-order valence-corrected chi connectivity index (χ4v) is 3.53. The summed E-state index contributed by atoms with van der Waals surface area (Å²) in [6, 6.07) is 11.6. The van der Waals surface area contributed by atoms with E-state index < -0.39 is 0 Å². The van der Waals surface area contributed by atoms with Crippen molar-refractivity contribution in [2.24, 2.45) is 0 Å². The monoisotopic (exact) mass is 415 g/mol. The molecule has 0 fully saturated rings. The first-order valence-electron chi connectivity index (χ1n) is 8.42. The topological polar surface area (TPSA) is 42.7 Å². The normalized spacial score (nSPS) is 11.3. The number of nitrogens with zero attached hydrogens (tertiary/aromatic N) is 1. The van der Waals surface area contributed by atoms with Crippen LogP contribution in [0.5, 0.6) is 5.75 Å². The summed E-state index contributed by atoms with van der Waals surface area (Å²) in [5.74, 6) is 0.851. The van der Waals surface area contributed by atoms with Crippen LogP contribution in [0.15, 0.2) is 50.1 Å². The molecule has 26 heavy (non-hydrogen) atoms. The van der Waals surface area contributed by atoms with Gasteiger partial charge in [-0.05, 0) is 67.9 Å². The molecule has 2 aromatic carbocycles. The van der Waals surface area contributed by atoms with Crippen LogP contribution in [0.2, 0.25) is 0 Å². The van der Waals surface area contributed by atoms with Gasteiger partial charge in [-0.25, -0.2) is 4.79 Å². The Balaban J connectivity index is 1.92. The third kappa shape index (κ3) is 4.00. The van der Waals surface area contributed by atoms with Crippen LogP contribution in [0, 0.1) is 13.8 Å². The molecule has 0 aliphatic carbocycles. The average molecular weight is 416 g/mol. The Kier molecular flexibility index (Phi) is 5.49. The van der Waals surface area contributed by atoms with Crippen molar-refractivity contribution >= 4 is 26.9 Å². The first-order valence-corrected chi connectivity index (χ1v) is 9.21. The number of rotatable bonds is 5. The van der Waals surface area contributed by atoms with E-state index >= 15 is 0 Å². The molecule has 0 N–H and O–H groups in total. The number of aryl methyl sites for hydroxylation is 2. The molecule has 3 aromatic rings. The number of methoxy groups -OCH3 is 1. The van der Waals surface area contributed by atoms with Crippen molar-refractivity contribution in [3.8, 4) is 5.75 Å². The molecule has 0 radical (unpaired) electrons. The highest BCUT2D eigenvalue weighted by atomic mass is 79.9. The second-order valence-electron chi connectivity index (χ2n) is 6.65. The van der Waals surface area contributed by atoms with Crippen LogP contribution in [-0.2, 0) is 13.1 Å². The number of fused-ring (bicyclic) bond motifs is 1. The van der Waals surface area contributed by atoms with Gasteiger partial charge in [0.25, 0.3) is 0 Å². The molecule has 0 spiro atoms. The molecule has 0 saturated carbocycles. The van der Waals surface area contributed by atoms with Gasteiger partial charge >= 0.3 is 5.63 Å². The van der Waals surface area contributed by atoms with Crippen molar-refractivity contribution in [2.45, 2.75) is 26.9 Å². The highest BCUT2D eigenvalue weighted by molar-refractivity contribution is 9.10. The molecule has 0 unspecified atom stereocenters. The van der Waals surface area contributed by atoms with E-state index in [2.05, 4.69) is 39.9 Å². The molecule has 3 rings (SSSR count). The molecule has 1 aromatic heterocycles. The van der Waals surface area contributed by atoms with Crippen molar-refractivity contribution in [3.05, 3.63) is 73.5 Å². The zero-order valence-corrected chi connectivity index (χ0v) is 17.0. The van der Waals surface area contributed by atoms with Crippen LogP contribution in [0.4, 0.5) is 0 Å². The van der Waals surface area contributed by atoms with Crippen molar-refractivity contribution in [2.75, 3.05) is 14.2 Å². The molecule has 5 heteroatoms. The van der Waals surface area contributed by atoms with Gasteiger partial charge in [0.2, 0.25) is 0 Å². The second-order valence-corrected chi connectivity index (χ2v) is 7.57. The second kappa shape index (κ2) is 7.64. The third-order valence-corrected chi connectivity index (χ3v) is 5.06. The van der Waals surface area contributed by atoms with Gasteiger partial charge in [-0.1, -0.05) is 15.9 Å². The number of hydrogen-bond acceptors (Lipinski definition) is 4. The van der Waals surface area contributed by atoms with Crippen LogP contribution in [0.1, 0.15) is 22.3 Å². The number of ether oxygens (including phenoxy) is 1. The lowest BCUT2D eigenvalue weighted by atomic mass is 10.0. The summed E-state index contributed by atoms with van der Waals surface area (Å²) in [4.78, 5) is 14.1. The fourth-order valence-electron chi connectivity index (χ4n) is 3.12. The summed E-state index contributed by atoms with van der Waals surface area (Å²) < 4.78 is 11.9. The van der Waals surface area contributed by atoms with E-state index in [1.165, 1.54) is 5.56 Å².